The second-order valence-electron chi connectivity index (χ2n) is 5.24. The Kier molecular flexibility index (Phi) is 4.22. The Balaban J connectivity index is 1.49. The molecular weight excluding hydrogens is 282 g/mol. The first-order valence-corrected chi connectivity index (χ1v) is 8.02. The van der Waals surface area contributed by atoms with Crippen LogP contribution in [0, 0.1) is 0 Å². The van der Waals surface area contributed by atoms with E-state index in [1.165, 1.54) is 10.4 Å². The average Bonchev–Trinajstić information content (AvgIpc) is 2.95. The Hall–Kier alpha value is -1.85. The standard InChI is InChI=1S/C16H19N3OS/c17-14-4-2-1-3-13(14)16(20)18-7-9-19-8-5-15-12(11-19)6-10-21-15/h1-4,6,10H,5,7-9,11,17H2,(H,18,20). The number of rotatable bonds is 4. The van der Waals surface area contributed by atoms with Crippen LogP contribution in [0.4, 0.5) is 5.69 Å². The maximum atomic E-state index is 12.1. The molecule has 1 aromatic carbocycles. The number of carbonyl (C=O) groups is 1. The molecule has 2 aromatic rings. The fourth-order valence-corrected chi connectivity index (χ4v) is 3.51. The molecule has 4 nitrogen and oxygen atoms in total. The molecule has 0 atom stereocenters. The molecule has 5 heteroatoms. The van der Waals surface area contributed by atoms with E-state index in [-0.39, 0.29) is 5.91 Å². The monoisotopic (exact) mass is 301 g/mol. The van der Waals surface area contributed by atoms with Gasteiger partial charge in [0.05, 0.1) is 5.56 Å². The largest absolute Gasteiger partial charge is 0.398 e. The van der Waals surface area contributed by atoms with Crippen LogP contribution in [0.3, 0.4) is 0 Å². The van der Waals surface area contributed by atoms with Gasteiger partial charge in [0, 0.05) is 36.7 Å². The normalized spacial score (nSPS) is 14.7. The minimum Gasteiger partial charge on any atom is -0.398 e. The number of nitrogen functional groups attached to an aromatic ring is 1. The van der Waals surface area contributed by atoms with E-state index in [1.54, 1.807) is 12.1 Å². The predicted molar refractivity (Wildman–Crippen MR) is 86.5 cm³/mol. The third kappa shape index (κ3) is 3.25. The molecule has 0 radical (unpaired) electrons. The lowest BCUT2D eigenvalue weighted by Gasteiger charge is -2.26. The lowest BCUT2D eigenvalue weighted by molar-refractivity contribution is 0.0948. The van der Waals surface area contributed by atoms with Crippen LogP contribution in [-0.4, -0.2) is 30.4 Å². The summed E-state index contributed by atoms with van der Waals surface area (Å²) in [5.74, 6) is -0.0960. The fourth-order valence-electron chi connectivity index (χ4n) is 2.62. The SMILES string of the molecule is Nc1ccccc1C(=O)NCCN1CCc2sccc2C1. The minimum atomic E-state index is -0.0960. The molecule has 1 amide bonds. The van der Waals surface area contributed by atoms with E-state index in [4.69, 9.17) is 5.73 Å². The highest BCUT2D eigenvalue weighted by Gasteiger charge is 2.17. The highest BCUT2D eigenvalue weighted by Crippen LogP contribution is 2.23. The Labute approximate surface area is 128 Å². The quantitative estimate of drug-likeness (QED) is 0.851. The van der Waals surface area contributed by atoms with E-state index in [0.717, 1.165) is 26.1 Å². The smallest absolute Gasteiger partial charge is 0.253 e. The highest BCUT2D eigenvalue weighted by atomic mass is 32.1. The van der Waals surface area contributed by atoms with Gasteiger partial charge in [0.2, 0.25) is 0 Å². The summed E-state index contributed by atoms with van der Waals surface area (Å²) in [5, 5.41) is 5.11. The van der Waals surface area contributed by atoms with Crippen LogP contribution >= 0.6 is 11.3 Å². The molecule has 1 aliphatic rings. The first kappa shape index (κ1) is 14.1. The predicted octanol–water partition coefficient (Wildman–Crippen LogP) is 2.12. The van der Waals surface area contributed by atoms with Crippen molar-refractivity contribution in [3.8, 4) is 0 Å². The van der Waals surface area contributed by atoms with Crippen LogP contribution in [0.1, 0.15) is 20.8 Å². The number of anilines is 1. The number of fused-ring (bicyclic) bond motifs is 1. The summed E-state index contributed by atoms with van der Waals surface area (Å²) >= 11 is 1.84. The number of thiophene rings is 1. The highest BCUT2D eigenvalue weighted by molar-refractivity contribution is 7.10. The zero-order valence-corrected chi connectivity index (χ0v) is 12.7. The van der Waals surface area contributed by atoms with E-state index in [1.807, 2.05) is 23.5 Å². The number of benzene rings is 1. The van der Waals surface area contributed by atoms with Crippen LogP contribution in [0.25, 0.3) is 0 Å². The van der Waals surface area contributed by atoms with E-state index < -0.39 is 0 Å². The minimum absolute atomic E-state index is 0.0960. The van der Waals surface area contributed by atoms with Crippen molar-refractivity contribution >= 4 is 22.9 Å². The molecule has 2 heterocycles. The van der Waals surface area contributed by atoms with Crippen molar-refractivity contribution in [2.24, 2.45) is 0 Å². The van der Waals surface area contributed by atoms with Gasteiger partial charge in [-0.2, -0.15) is 0 Å². The number of nitrogens with zero attached hydrogens (tertiary/aromatic N) is 1. The summed E-state index contributed by atoms with van der Waals surface area (Å²) in [6.07, 6.45) is 1.12. The van der Waals surface area contributed by atoms with Gasteiger partial charge in [-0.05, 0) is 35.6 Å². The zero-order chi connectivity index (χ0) is 14.7. The van der Waals surface area contributed by atoms with Crippen molar-refractivity contribution in [1.29, 1.82) is 0 Å². The molecule has 1 aliphatic heterocycles. The molecule has 3 rings (SSSR count). The van der Waals surface area contributed by atoms with E-state index in [2.05, 4.69) is 21.7 Å². The maximum absolute atomic E-state index is 12.1. The van der Waals surface area contributed by atoms with Gasteiger partial charge in [-0.3, -0.25) is 9.69 Å². The van der Waals surface area contributed by atoms with Crippen molar-refractivity contribution in [2.75, 3.05) is 25.4 Å². The Bertz CT molecular complexity index is 638. The van der Waals surface area contributed by atoms with Crippen LogP contribution in [-0.2, 0) is 13.0 Å². The first-order valence-electron chi connectivity index (χ1n) is 7.14. The van der Waals surface area contributed by atoms with Crippen molar-refractivity contribution in [1.82, 2.24) is 10.2 Å². The van der Waals surface area contributed by atoms with E-state index >= 15 is 0 Å². The molecule has 0 unspecified atom stereocenters. The molecule has 0 saturated heterocycles. The van der Waals surface area contributed by atoms with Crippen molar-refractivity contribution in [3.63, 3.8) is 0 Å². The zero-order valence-electron chi connectivity index (χ0n) is 11.8. The van der Waals surface area contributed by atoms with Gasteiger partial charge in [-0.25, -0.2) is 0 Å². The number of nitrogens with one attached hydrogen (secondary N) is 1. The molecule has 0 spiro atoms. The van der Waals surface area contributed by atoms with Crippen LogP contribution in [0.2, 0.25) is 0 Å². The number of para-hydroxylation sites is 1. The van der Waals surface area contributed by atoms with E-state index in [0.29, 0.717) is 17.8 Å². The molecule has 21 heavy (non-hydrogen) atoms. The van der Waals surface area contributed by atoms with Gasteiger partial charge in [0.15, 0.2) is 0 Å². The molecule has 0 fully saturated rings. The number of nitrogens with two attached hydrogens (primary N) is 1. The van der Waals surface area contributed by atoms with Gasteiger partial charge in [0.1, 0.15) is 0 Å². The molecular formula is C16H19N3OS. The van der Waals surface area contributed by atoms with Gasteiger partial charge in [-0.1, -0.05) is 12.1 Å². The van der Waals surface area contributed by atoms with Crippen molar-refractivity contribution < 1.29 is 4.79 Å². The molecule has 1 aromatic heterocycles. The summed E-state index contributed by atoms with van der Waals surface area (Å²) in [4.78, 5) is 15.9. The summed E-state index contributed by atoms with van der Waals surface area (Å²) in [7, 11) is 0. The summed E-state index contributed by atoms with van der Waals surface area (Å²) < 4.78 is 0. The van der Waals surface area contributed by atoms with Gasteiger partial charge >= 0.3 is 0 Å². The van der Waals surface area contributed by atoms with Crippen molar-refractivity contribution in [2.45, 2.75) is 13.0 Å². The Morgan fingerprint density at radius 2 is 2.19 bits per heavy atom. The number of amides is 1. The van der Waals surface area contributed by atoms with Crippen molar-refractivity contribution in [3.05, 3.63) is 51.7 Å². The second kappa shape index (κ2) is 6.28. The lowest BCUT2D eigenvalue weighted by Crippen LogP contribution is -2.37. The van der Waals surface area contributed by atoms with E-state index in [9.17, 15) is 4.79 Å². The summed E-state index contributed by atoms with van der Waals surface area (Å²) in [5.41, 5.74) is 8.32. The van der Waals surface area contributed by atoms with Gasteiger partial charge < -0.3 is 11.1 Å². The fraction of sp³-hybridized carbons (Fsp3) is 0.312. The van der Waals surface area contributed by atoms with Crippen LogP contribution in [0.5, 0.6) is 0 Å². The average molecular weight is 301 g/mol. The number of hydrogen-bond donors (Lipinski definition) is 2. The first-order chi connectivity index (χ1) is 10.2. The molecule has 110 valence electrons. The van der Waals surface area contributed by atoms with Gasteiger partial charge in [0.25, 0.3) is 5.91 Å². The molecule has 0 saturated carbocycles. The van der Waals surface area contributed by atoms with Gasteiger partial charge in [-0.15, -0.1) is 11.3 Å². The summed E-state index contributed by atoms with van der Waals surface area (Å²) in [6.45, 7) is 3.57. The molecule has 0 aliphatic carbocycles. The molecule has 3 N–H and O–H groups in total. The summed E-state index contributed by atoms with van der Waals surface area (Å²) in [6, 6.07) is 9.36. The Morgan fingerprint density at radius 1 is 1.33 bits per heavy atom. The van der Waals surface area contributed by atoms with Crippen LogP contribution < -0.4 is 11.1 Å². The second-order valence-corrected chi connectivity index (χ2v) is 6.24. The third-order valence-electron chi connectivity index (χ3n) is 3.81. The molecule has 0 bridgehead atoms. The third-order valence-corrected chi connectivity index (χ3v) is 4.83. The topological polar surface area (TPSA) is 58.4 Å². The maximum Gasteiger partial charge on any atom is 0.253 e. The lowest BCUT2D eigenvalue weighted by atomic mass is 10.1. The number of carbonyl (C=O) groups excluding carboxylic acids is 1. The number of hydrogen-bond acceptors (Lipinski definition) is 4. The van der Waals surface area contributed by atoms with Crippen LogP contribution in [0.15, 0.2) is 35.7 Å². The Morgan fingerprint density at radius 3 is 3.05 bits per heavy atom.